The average Bonchev–Trinajstić information content (AvgIpc) is 2.89. The van der Waals surface area contributed by atoms with Crippen LogP contribution in [0.5, 0.6) is 0 Å². The summed E-state index contributed by atoms with van der Waals surface area (Å²) < 4.78 is 4.97. The van der Waals surface area contributed by atoms with Crippen molar-refractivity contribution in [2.75, 3.05) is 14.2 Å². The van der Waals surface area contributed by atoms with E-state index in [1.54, 1.807) is 0 Å². The predicted molar refractivity (Wildman–Crippen MR) is 78.8 cm³/mol. The molecular weight excluding hydrogens is 250 g/mol. The lowest BCUT2D eigenvalue weighted by Crippen LogP contribution is -2.40. The van der Waals surface area contributed by atoms with E-state index in [2.05, 4.69) is 41.4 Å². The number of methoxy groups -OCH3 is 1. The Morgan fingerprint density at radius 3 is 2.75 bits per heavy atom. The third-order valence-electron chi connectivity index (χ3n) is 4.31. The third kappa shape index (κ3) is 2.03. The van der Waals surface area contributed by atoms with Gasteiger partial charge in [0.15, 0.2) is 0 Å². The van der Waals surface area contributed by atoms with E-state index in [4.69, 9.17) is 4.74 Å². The number of ether oxygens (including phenoxy) is 1. The van der Waals surface area contributed by atoms with Gasteiger partial charge in [0.2, 0.25) is 0 Å². The van der Waals surface area contributed by atoms with Crippen molar-refractivity contribution >= 4 is 11.5 Å². The van der Waals surface area contributed by atoms with E-state index < -0.39 is 0 Å². The molecule has 0 fully saturated rings. The van der Waals surface area contributed by atoms with Crippen LogP contribution < -0.4 is 0 Å². The fraction of sp³-hybridized carbons (Fsp3) is 0.353. The van der Waals surface area contributed by atoms with Crippen LogP contribution in [-0.4, -0.2) is 31.1 Å². The molecule has 2 aliphatic rings. The maximum atomic E-state index is 12.0. The first-order chi connectivity index (χ1) is 9.72. The van der Waals surface area contributed by atoms with E-state index in [9.17, 15) is 4.79 Å². The summed E-state index contributed by atoms with van der Waals surface area (Å²) in [6, 6.07) is 10.6. The topological polar surface area (TPSA) is 29.5 Å². The highest BCUT2D eigenvalue weighted by atomic mass is 16.5. The number of allylic oxidation sites excluding steroid dienone is 1. The van der Waals surface area contributed by atoms with E-state index in [1.165, 1.54) is 23.8 Å². The van der Waals surface area contributed by atoms with Gasteiger partial charge in [0.1, 0.15) is 0 Å². The van der Waals surface area contributed by atoms with Crippen molar-refractivity contribution in [1.82, 2.24) is 4.90 Å². The fourth-order valence-electron chi connectivity index (χ4n) is 3.34. The number of fused-ring (bicyclic) bond motifs is 1. The fourth-order valence-corrected chi connectivity index (χ4v) is 3.34. The van der Waals surface area contributed by atoms with Crippen molar-refractivity contribution in [3.8, 4) is 0 Å². The molecule has 1 aromatic carbocycles. The zero-order valence-electron chi connectivity index (χ0n) is 11.9. The molecule has 1 aromatic rings. The van der Waals surface area contributed by atoms with E-state index in [0.29, 0.717) is 0 Å². The number of esters is 1. The van der Waals surface area contributed by atoms with Crippen LogP contribution >= 0.6 is 0 Å². The van der Waals surface area contributed by atoms with Crippen LogP contribution in [0.2, 0.25) is 0 Å². The Morgan fingerprint density at radius 1 is 1.30 bits per heavy atom. The SMILES string of the molecule is COC(=O)C1CCC(c2ccccc2)=C2C=CN(C)C21. The van der Waals surface area contributed by atoms with E-state index in [1.807, 2.05) is 13.1 Å². The van der Waals surface area contributed by atoms with Crippen molar-refractivity contribution in [2.45, 2.75) is 18.9 Å². The summed E-state index contributed by atoms with van der Waals surface area (Å²) in [7, 11) is 3.50. The molecule has 0 N–H and O–H groups in total. The highest BCUT2D eigenvalue weighted by Gasteiger charge is 2.40. The second-order valence-corrected chi connectivity index (χ2v) is 5.39. The zero-order chi connectivity index (χ0) is 14.1. The van der Waals surface area contributed by atoms with Crippen molar-refractivity contribution in [2.24, 2.45) is 5.92 Å². The number of carbonyl (C=O) groups is 1. The molecule has 0 saturated carbocycles. The van der Waals surface area contributed by atoms with E-state index >= 15 is 0 Å². The van der Waals surface area contributed by atoms with Crippen LogP contribution in [0.25, 0.3) is 5.57 Å². The highest BCUT2D eigenvalue weighted by Crippen LogP contribution is 2.41. The Hall–Kier alpha value is -2.03. The summed E-state index contributed by atoms with van der Waals surface area (Å²) in [6.07, 6.45) is 5.97. The van der Waals surface area contributed by atoms with Gasteiger partial charge in [-0.1, -0.05) is 30.3 Å². The predicted octanol–water partition coefficient (Wildman–Crippen LogP) is 2.85. The molecule has 104 valence electrons. The molecule has 0 saturated heterocycles. The van der Waals surface area contributed by atoms with Crippen molar-refractivity contribution < 1.29 is 9.53 Å². The number of benzene rings is 1. The molecule has 1 heterocycles. The quantitative estimate of drug-likeness (QED) is 0.773. The summed E-state index contributed by atoms with van der Waals surface area (Å²) in [5.41, 5.74) is 3.88. The molecule has 1 aliphatic carbocycles. The summed E-state index contributed by atoms with van der Waals surface area (Å²) in [5.74, 6) is -0.169. The van der Waals surface area contributed by atoms with Gasteiger partial charge in [-0.2, -0.15) is 0 Å². The lowest BCUT2D eigenvalue weighted by atomic mass is 9.78. The monoisotopic (exact) mass is 269 g/mol. The number of carbonyl (C=O) groups excluding carboxylic acids is 1. The minimum Gasteiger partial charge on any atom is -0.469 e. The van der Waals surface area contributed by atoms with Gasteiger partial charge in [0, 0.05) is 7.05 Å². The Bertz CT molecular complexity index is 574. The number of hydrogen-bond donors (Lipinski definition) is 0. The van der Waals surface area contributed by atoms with Crippen LogP contribution in [0.1, 0.15) is 18.4 Å². The number of likely N-dealkylation sites (N-methyl/N-ethyl adjacent to an activating group) is 1. The lowest BCUT2D eigenvalue weighted by molar-refractivity contribution is -0.147. The van der Waals surface area contributed by atoms with E-state index in [0.717, 1.165) is 12.8 Å². The molecule has 1 aliphatic heterocycles. The third-order valence-corrected chi connectivity index (χ3v) is 4.31. The molecule has 3 rings (SSSR count). The van der Waals surface area contributed by atoms with Gasteiger partial charge in [-0.05, 0) is 41.8 Å². The Balaban J connectivity index is 2.02. The molecule has 2 unspecified atom stereocenters. The van der Waals surface area contributed by atoms with Crippen molar-refractivity contribution in [3.63, 3.8) is 0 Å². The second kappa shape index (κ2) is 5.16. The summed E-state index contributed by atoms with van der Waals surface area (Å²) >= 11 is 0. The van der Waals surface area contributed by atoms with Gasteiger partial charge in [-0.25, -0.2) is 0 Å². The first-order valence-corrected chi connectivity index (χ1v) is 6.99. The first-order valence-electron chi connectivity index (χ1n) is 6.99. The van der Waals surface area contributed by atoms with Crippen LogP contribution in [0.4, 0.5) is 0 Å². The largest absolute Gasteiger partial charge is 0.469 e. The highest BCUT2D eigenvalue weighted by molar-refractivity contribution is 5.80. The Morgan fingerprint density at radius 2 is 2.05 bits per heavy atom. The molecule has 0 amide bonds. The smallest absolute Gasteiger partial charge is 0.311 e. The van der Waals surface area contributed by atoms with Gasteiger partial charge in [0.05, 0.1) is 19.1 Å². The lowest BCUT2D eigenvalue weighted by Gasteiger charge is -2.34. The van der Waals surface area contributed by atoms with Crippen LogP contribution in [-0.2, 0) is 9.53 Å². The number of nitrogens with zero attached hydrogens (tertiary/aromatic N) is 1. The molecular formula is C17H19NO2. The summed E-state index contributed by atoms with van der Waals surface area (Å²) in [4.78, 5) is 14.1. The standard InChI is InChI=1S/C17H19NO2/c1-18-11-10-14-13(12-6-4-3-5-7-12)8-9-15(16(14)18)17(19)20-2/h3-7,10-11,15-16H,8-9H2,1-2H3. The summed E-state index contributed by atoms with van der Waals surface area (Å²) in [5, 5.41) is 0. The van der Waals surface area contributed by atoms with Crippen molar-refractivity contribution in [1.29, 1.82) is 0 Å². The number of hydrogen-bond acceptors (Lipinski definition) is 3. The number of rotatable bonds is 2. The molecule has 2 atom stereocenters. The molecule has 0 spiro atoms. The van der Waals surface area contributed by atoms with Gasteiger partial charge in [-0.3, -0.25) is 4.79 Å². The maximum absolute atomic E-state index is 12.0. The molecule has 3 nitrogen and oxygen atoms in total. The maximum Gasteiger partial charge on any atom is 0.311 e. The first kappa shape index (κ1) is 13.0. The van der Waals surface area contributed by atoms with Gasteiger partial charge < -0.3 is 9.64 Å². The van der Waals surface area contributed by atoms with Crippen LogP contribution in [0, 0.1) is 5.92 Å². The van der Waals surface area contributed by atoms with Gasteiger partial charge >= 0.3 is 5.97 Å². The zero-order valence-corrected chi connectivity index (χ0v) is 11.9. The summed E-state index contributed by atoms with van der Waals surface area (Å²) in [6.45, 7) is 0. The van der Waals surface area contributed by atoms with Crippen LogP contribution in [0.15, 0.2) is 48.2 Å². The second-order valence-electron chi connectivity index (χ2n) is 5.39. The van der Waals surface area contributed by atoms with Gasteiger partial charge in [0.25, 0.3) is 0 Å². The average molecular weight is 269 g/mol. The minimum atomic E-state index is -0.102. The molecule has 0 aromatic heterocycles. The molecule has 3 heteroatoms. The normalized spacial score (nSPS) is 24.8. The van der Waals surface area contributed by atoms with Crippen LogP contribution in [0.3, 0.4) is 0 Å². The Kier molecular flexibility index (Phi) is 3.35. The van der Waals surface area contributed by atoms with Crippen molar-refractivity contribution in [3.05, 3.63) is 53.7 Å². The minimum absolute atomic E-state index is 0.0672. The molecule has 0 bridgehead atoms. The van der Waals surface area contributed by atoms with E-state index in [-0.39, 0.29) is 17.9 Å². The van der Waals surface area contributed by atoms with Gasteiger partial charge in [-0.15, -0.1) is 0 Å². The Labute approximate surface area is 119 Å². The molecule has 0 radical (unpaired) electrons. The molecule has 20 heavy (non-hydrogen) atoms.